The normalized spacial score (nSPS) is 17.3. The molecule has 3 rings (SSSR count). The lowest BCUT2D eigenvalue weighted by atomic mass is 9.79. The molecule has 0 radical (unpaired) electrons. The van der Waals surface area contributed by atoms with E-state index in [-0.39, 0.29) is 29.7 Å². The molecule has 0 amide bonds. The number of carbonyl (C=O) groups excluding carboxylic acids is 2. The molecule has 0 spiro atoms. The van der Waals surface area contributed by atoms with Crippen LogP contribution >= 0.6 is 0 Å². The summed E-state index contributed by atoms with van der Waals surface area (Å²) in [7, 11) is 0. The highest BCUT2D eigenvalue weighted by atomic mass is 16.3. The molecule has 1 fully saturated rings. The van der Waals surface area contributed by atoms with Crippen molar-refractivity contribution in [1.82, 2.24) is 26.1 Å². The number of hydrogen-bond acceptors (Lipinski definition) is 7. The van der Waals surface area contributed by atoms with Crippen LogP contribution in [0.15, 0.2) is 36.2 Å². The number of aromatic nitrogens is 2. The fourth-order valence-electron chi connectivity index (χ4n) is 3.46. The second-order valence-electron chi connectivity index (χ2n) is 6.87. The topological polar surface area (TPSA) is 119 Å². The van der Waals surface area contributed by atoms with Gasteiger partial charge in [-0.2, -0.15) is 5.10 Å². The number of rotatable bonds is 10. The van der Waals surface area contributed by atoms with Gasteiger partial charge in [-0.05, 0) is 17.5 Å². The average molecular weight is 385 g/mol. The van der Waals surface area contributed by atoms with Crippen molar-refractivity contribution in [2.45, 2.75) is 18.8 Å². The van der Waals surface area contributed by atoms with Crippen LogP contribution in [0.3, 0.4) is 0 Å². The summed E-state index contributed by atoms with van der Waals surface area (Å²) in [4.78, 5) is 25.1. The van der Waals surface area contributed by atoms with Gasteiger partial charge in [-0.25, -0.2) is 0 Å². The summed E-state index contributed by atoms with van der Waals surface area (Å²) in [6.07, 6.45) is 3.97. The van der Waals surface area contributed by atoms with Crippen LogP contribution in [0.2, 0.25) is 0 Å². The van der Waals surface area contributed by atoms with E-state index in [9.17, 15) is 9.59 Å². The molecule has 28 heavy (non-hydrogen) atoms. The average Bonchev–Trinajstić information content (AvgIpc) is 3.17. The molecule has 2 aromatic rings. The summed E-state index contributed by atoms with van der Waals surface area (Å²) in [5, 5.41) is 26.0. The quantitative estimate of drug-likeness (QED) is 0.226. The Morgan fingerprint density at radius 2 is 1.79 bits per heavy atom. The summed E-state index contributed by atoms with van der Waals surface area (Å²) >= 11 is 0. The number of H-pyrrole nitrogens is 1. The Labute approximate surface area is 163 Å². The van der Waals surface area contributed by atoms with E-state index in [0.29, 0.717) is 25.9 Å². The number of allylic oxidation sites excluding steroid dienone is 1. The molecule has 0 unspecified atom stereocenters. The Kier molecular flexibility index (Phi) is 7.30. The molecule has 1 saturated carbocycles. The maximum Gasteiger partial charge on any atom is 0.168 e. The van der Waals surface area contributed by atoms with E-state index in [4.69, 9.17) is 5.11 Å². The molecule has 0 saturated heterocycles. The Hall–Kier alpha value is -2.55. The number of Topliss-reactive ketones (excluding diaryl/α,β-unsaturated/α-hetero) is 2. The maximum atomic E-state index is 12.5. The van der Waals surface area contributed by atoms with Gasteiger partial charge in [0.1, 0.15) is 0 Å². The summed E-state index contributed by atoms with van der Waals surface area (Å²) in [5.74, 6) is -0.336. The van der Waals surface area contributed by atoms with Crippen LogP contribution in [0.5, 0.6) is 0 Å². The van der Waals surface area contributed by atoms with Crippen molar-refractivity contribution in [3.05, 3.63) is 41.7 Å². The van der Waals surface area contributed by atoms with Gasteiger partial charge in [0.2, 0.25) is 0 Å². The minimum Gasteiger partial charge on any atom is -0.395 e. The Morgan fingerprint density at radius 3 is 2.54 bits per heavy atom. The number of ketones is 2. The number of nitrogens with one attached hydrogen (secondary N) is 4. The number of aliphatic hydroxyl groups is 1. The lowest BCUT2D eigenvalue weighted by Gasteiger charge is -2.23. The summed E-state index contributed by atoms with van der Waals surface area (Å²) in [6, 6.07) is 5.82. The first-order valence-corrected chi connectivity index (χ1v) is 9.65. The molecule has 1 aromatic heterocycles. The number of hydrogen-bond donors (Lipinski definition) is 5. The second-order valence-corrected chi connectivity index (χ2v) is 6.87. The molecule has 1 aliphatic rings. The first-order valence-electron chi connectivity index (χ1n) is 9.65. The zero-order chi connectivity index (χ0) is 19.8. The number of fused-ring (bicyclic) bond motifs is 1. The fraction of sp³-hybridized carbons (Fsp3) is 0.450. The van der Waals surface area contributed by atoms with Gasteiger partial charge < -0.3 is 21.1 Å². The van der Waals surface area contributed by atoms with E-state index in [0.717, 1.165) is 36.1 Å². The molecule has 8 nitrogen and oxygen atoms in total. The van der Waals surface area contributed by atoms with Crippen molar-refractivity contribution in [3.63, 3.8) is 0 Å². The van der Waals surface area contributed by atoms with Gasteiger partial charge >= 0.3 is 0 Å². The minimum atomic E-state index is -0.115. The molecule has 1 heterocycles. The van der Waals surface area contributed by atoms with E-state index in [1.165, 1.54) is 0 Å². The molecule has 0 aliphatic heterocycles. The van der Waals surface area contributed by atoms with Gasteiger partial charge in [0.15, 0.2) is 11.6 Å². The molecule has 1 aromatic carbocycles. The standard InChI is InChI=1S/C20H27N5O3/c26-9-8-22-5-4-21-6-7-23-12-17-19(27)10-14(11-20(17)28)15-2-1-3-18-16(15)13-24-25-18/h1-3,12-14,21-23,26H,4-11H2,(H,24,25). The highest BCUT2D eigenvalue weighted by Gasteiger charge is 2.32. The van der Waals surface area contributed by atoms with Gasteiger partial charge in [-0.15, -0.1) is 0 Å². The van der Waals surface area contributed by atoms with Crippen LogP contribution in [0, 0.1) is 0 Å². The van der Waals surface area contributed by atoms with Gasteiger partial charge in [0.05, 0.1) is 23.9 Å². The SMILES string of the molecule is O=C1CC(c2cccc3[nH]ncc23)CC(=O)C1=CNCCNCCNCCO. The Balaban J connectivity index is 1.49. The van der Waals surface area contributed by atoms with Crippen LogP contribution in [0.4, 0.5) is 0 Å². The molecule has 0 atom stereocenters. The van der Waals surface area contributed by atoms with Crippen LogP contribution < -0.4 is 16.0 Å². The number of carbonyl (C=O) groups is 2. The van der Waals surface area contributed by atoms with Crippen molar-refractivity contribution >= 4 is 22.5 Å². The first kappa shape index (κ1) is 20.2. The number of aromatic amines is 1. The van der Waals surface area contributed by atoms with Crippen molar-refractivity contribution in [1.29, 1.82) is 0 Å². The molecular formula is C20H27N5O3. The predicted octanol–water partition coefficient (Wildman–Crippen LogP) is 0.224. The summed E-state index contributed by atoms with van der Waals surface area (Å²) in [6.45, 7) is 3.64. The zero-order valence-corrected chi connectivity index (χ0v) is 15.8. The predicted molar refractivity (Wildman–Crippen MR) is 107 cm³/mol. The lowest BCUT2D eigenvalue weighted by Crippen LogP contribution is -2.33. The van der Waals surface area contributed by atoms with E-state index >= 15 is 0 Å². The van der Waals surface area contributed by atoms with Crippen LogP contribution in [0.25, 0.3) is 10.9 Å². The monoisotopic (exact) mass is 385 g/mol. The third-order valence-corrected chi connectivity index (χ3v) is 4.88. The van der Waals surface area contributed by atoms with Crippen molar-refractivity contribution in [2.75, 3.05) is 39.3 Å². The van der Waals surface area contributed by atoms with E-state index in [1.54, 1.807) is 12.4 Å². The first-order chi connectivity index (χ1) is 13.7. The minimum absolute atomic E-state index is 0.105. The molecule has 1 aliphatic carbocycles. The lowest BCUT2D eigenvalue weighted by molar-refractivity contribution is -0.124. The van der Waals surface area contributed by atoms with Gasteiger partial charge in [0, 0.05) is 57.2 Å². The third-order valence-electron chi connectivity index (χ3n) is 4.88. The van der Waals surface area contributed by atoms with Gasteiger partial charge in [-0.1, -0.05) is 12.1 Å². The molecule has 0 bridgehead atoms. The van der Waals surface area contributed by atoms with Crippen molar-refractivity contribution < 1.29 is 14.7 Å². The van der Waals surface area contributed by atoms with E-state index < -0.39 is 0 Å². The fourth-order valence-corrected chi connectivity index (χ4v) is 3.46. The number of benzene rings is 1. The largest absolute Gasteiger partial charge is 0.395 e. The van der Waals surface area contributed by atoms with E-state index in [1.807, 2.05) is 18.2 Å². The number of aliphatic hydroxyl groups excluding tert-OH is 1. The molecule has 5 N–H and O–H groups in total. The number of nitrogens with zero attached hydrogens (tertiary/aromatic N) is 1. The molecular weight excluding hydrogens is 358 g/mol. The summed E-state index contributed by atoms with van der Waals surface area (Å²) < 4.78 is 0. The summed E-state index contributed by atoms with van der Waals surface area (Å²) in [5.41, 5.74) is 2.18. The van der Waals surface area contributed by atoms with Gasteiger partial charge in [-0.3, -0.25) is 14.7 Å². The maximum absolute atomic E-state index is 12.5. The highest BCUT2D eigenvalue weighted by Crippen LogP contribution is 2.34. The third kappa shape index (κ3) is 5.03. The molecule has 150 valence electrons. The van der Waals surface area contributed by atoms with Crippen LogP contribution in [-0.4, -0.2) is 66.2 Å². The van der Waals surface area contributed by atoms with E-state index in [2.05, 4.69) is 26.1 Å². The highest BCUT2D eigenvalue weighted by molar-refractivity contribution is 6.22. The van der Waals surface area contributed by atoms with Crippen molar-refractivity contribution in [3.8, 4) is 0 Å². The Morgan fingerprint density at radius 1 is 1.07 bits per heavy atom. The Bertz CT molecular complexity index is 825. The van der Waals surface area contributed by atoms with Crippen molar-refractivity contribution in [2.24, 2.45) is 0 Å². The van der Waals surface area contributed by atoms with Crippen LogP contribution in [0.1, 0.15) is 24.3 Å². The van der Waals surface area contributed by atoms with Gasteiger partial charge in [0.25, 0.3) is 0 Å². The second kappa shape index (κ2) is 10.1. The molecule has 8 heteroatoms. The van der Waals surface area contributed by atoms with Crippen LogP contribution in [-0.2, 0) is 9.59 Å². The zero-order valence-electron chi connectivity index (χ0n) is 15.8. The smallest absolute Gasteiger partial charge is 0.168 e.